The van der Waals surface area contributed by atoms with E-state index in [9.17, 15) is 50.8 Å². The van der Waals surface area contributed by atoms with Crippen LogP contribution in [0.1, 0.15) is 78.6 Å². The summed E-state index contributed by atoms with van der Waals surface area (Å²) in [6, 6.07) is 0. The molecule has 6 rings (SSSR count). The monoisotopic (exact) mass is 660 g/mol. The highest BCUT2D eigenvalue weighted by molar-refractivity contribution is 5.77. The number of carbonyl (C=O) groups excluding carboxylic acids is 1. The zero-order valence-corrected chi connectivity index (χ0v) is 26.8. The second-order valence-corrected chi connectivity index (χ2v) is 15.9. The van der Waals surface area contributed by atoms with Crippen molar-refractivity contribution in [1.29, 1.82) is 0 Å². The van der Waals surface area contributed by atoms with Gasteiger partial charge in [0.05, 0.1) is 24.2 Å². The Hall–Kier alpha value is -1.01. The van der Waals surface area contributed by atoms with Gasteiger partial charge in [0.25, 0.3) is 0 Å². The molecule has 17 atom stereocenters. The molecule has 0 aromatic carbocycles. The van der Waals surface area contributed by atoms with E-state index in [0.717, 1.165) is 12.8 Å². The molecule has 2 saturated heterocycles. The Kier molecular flexibility index (Phi) is 8.94. The van der Waals surface area contributed by atoms with E-state index in [1.807, 2.05) is 6.92 Å². The van der Waals surface area contributed by atoms with Crippen LogP contribution in [0.5, 0.6) is 0 Å². The van der Waals surface area contributed by atoms with Gasteiger partial charge in [0, 0.05) is 0 Å². The molecule has 2 heterocycles. The van der Waals surface area contributed by atoms with Crippen molar-refractivity contribution < 1.29 is 69.7 Å². The molecule has 9 N–H and O–H groups in total. The van der Waals surface area contributed by atoms with Gasteiger partial charge in [0.15, 0.2) is 6.29 Å². The Morgan fingerprint density at radius 3 is 1.89 bits per heavy atom. The number of rotatable bonds is 6. The van der Waals surface area contributed by atoms with Gasteiger partial charge in [0.2, 0.25) is 6.29 Å². The molecule has 4 aliphatic carbocycles. The maximum absolute atomic E-state index is 14.0. The Morgan fingerprint density at radius 2 is 1.28 bits per heavy atom. The van der Waals surface area contributed by atoms with Crippen LogP contribution in [0.2, 0.25) is 0 Å². The van der Waals surface area contributed by atoms with Crippen LogP contribution in [-0.4, -0.2) is 138 Å². The van der Waals surface area contributed by atoms with Crippen LogP contribution in [-0.2, 0) is 23.7 Å². The van der Waals surface area contributed by atoms with Crippen LogP contribution in [0, 0.1) is 28.1 Å². The summed E-state index contributed by atoms with van der Waals surface area (Å²) in [7, 11) is 0. The van der Waals surface area contributed by atoms with Crippen molar-refractivity contribution >= 4 is 5.97 Å². The van der Waals surface area contributed by atoms with Crippen LogP contribution in [0.4, 0.5) is 0 Å². The fourth-order valence-corrected chi connectivity index (χ4v) is 11.0. The summed E-state index contributed by atoms with van der Waals surface area (Å²) in [4.78, 5) is 14.0. The lowest BCUT2D eigenvalue weighted by Crippen LogP contribution is -2.64. The van der Waals surface area contributed by atoms with Crippen LogP contribution in [0.25, 0.3) is 0 Å². The first-order valence-electron chi connectivity index (χ1n) is 16.7. The van der Waals surface area contributed by atoms with E-state index < -0.39 is 97.2 Å². The van der Waals surface area contributed by atoms with Gasteiger partial charge in [-0.2, -0.15) is 0 Å². The maximum atomic E-state index is 14.0. The number of esters is 1. The van der Waals surface area contributed by atoms with E-state index in [-0.39, 0.29) is 22.7 Å². The van der Waals surface area contributed by atoms with Crippen LogP contribution < -0.4 is 0 Å². The number of fused-ring (bicyclic) bond motifs is 3. The molecular formula is C32H52O14. The molecule has 0 aromatic heterocycles. The highest BCUT2D eigenvalue weighted by Crippen LogP contribution is 2.74. The molecule has 2 aliphatic heterocycles. The molecule has 0 aromatic rings. The van der Waals surface area contributed by atoms with Crippen LogP contribution in [0.3, 0.4) is 0 Å². The Labute approximate surface area is 268 Å². The topological polar surface area (TPSA) is 236 Å². The lowest BCUT2D eigenvalue weighted by molar-refractivity contribution is -0.346. The first-order valence-corrected chi connectivity index (χ1v) is 16.7. The van der Waals surface area contributed by atoms with Crippen molar-refractivity contribution in [3.8, 4) is 0 Å². The summed E-state index contributed by atoms with van der Waals surface area (Å²) >= 11 is 0. The van der Waals surface area contributed by atoms with E-state index in [2.05, 4.69) is 6.92 Å². The molecule has 14 nitrogen and oxygen atoms in total. The summed E-state index contributed by atoms with van der Waals surface area (Å²) in [5.74, 6) is -0.566. The number of hydrogen-bond acceptors (Lipinski definition) is 14. The van der Waals surface area contributed by atoms with Crippen molar-refractivity contribution in [3.05, 3.63) is 0 Å². The lowest BCUT2D eigenvalue weighted by atomic mass is 9.41. The Bertz CT molecular complexity index is 1150. The second kappa shape index (κ2) is 11.8. The fourth-order valence-electron chi connectivity index (χ4n) is 11.0. The molecule has 6 aliphatic rings. The molecule has 6 fully saturated rings. The summed E-state index contributed by atoms with van der Waals surface area (Å²) in [6.07, 6.45) is -9.39. The lowest BCUT2D eigenvalue weighted by Gasteiger charge is -2.64. The molecule has 1 spiro atoms. The number of ether oxygens (including phenoxy) is 4. The van der Waals surface area contributed by atoms with Crippen molar-refractivity contribution in [2.45, 2.75) is 151 Å². The van der Waals surface area contributed by atoms with E-state index >= 15 is 0 Å². The van der Waals surface area contributed by atoms with Crippen molar-refractivity contribution in [2.75, 3.05) is 13.2 Å². The standard InChI is InChI=1S/C32H52O14/c1-28-7-4-8-29(2,27(41)45-25-23(39)21(37)19(35)15(11-33)43-25)17(28)5-9-31-13-30(3,42)32(14-31,10-6-18(28)31)46-26-24(40)22(38)20(36)16(12-34)44-26/h15-26,33-40,42H,4-14H2,1-3H3/t15-,16-,17+,18+,19-,20-,21+,22+,23-,24-,25+,26+,28-,29-,30-,31-,32+/m1/s1. The van der Waals surface area contributed by atoms with Gasteiger partial charge in [-0.1, -0.05) is 13.3 Å². The normalized spacial score (nSPS) is 57.0. The highest BCUT2D eigenvalue weighted by atomic mass is 16.7. The third-order valence-electron chi connectivity index (χ3n) is 13.3. The van der Waals surface area contributed by atoms with Crippen LogP contribution in [0.15, 0.2) is 0 Å². The molecule has 0 radical (unpaired) electrons. The Balaban J connectivity index is 1.23. The number of hydrogen-bond donors (Lipinski definition) is 9. The summed E-state index contributed by atoms with van der Waals surface area (Å²) < 4.78 is 23.3. The SMILES string of the molecule is C[C@@]12CCC[C@@](C)(C(=O)O[C@@H]3O[C@H](CO)[C@@H](O)[C@H](O)[C@H]3O)[C@H]1CC[C@@]13C[C@@](O[C@@H]4O[C@H](CO)[C@@H](O)[C@H](O)[C@H]4O)(CC[C@H]12)[C@](C)(O)C3. The van der Waals surface area contributed by atoms with Gasteiger partial charge in [0.1, 0.15) is 54.4 Å². The maximum Gasteiger partial charge on any atom is 0.314 e. The van der Waals surface area contributed by atoms with Gasteiger partial charge < -0.3 is 64.9 Å². The van der Waals surface area contributed by atoms with Crippen molar-refractivity contribution in [3.63, 3.8) is 0 Å². The predicted octanol–water partition coefficient (Wildman–Crippen LogP) is -1.57. The van der Waals surface area contributed by atoms with Crippen molar-refractivity contribution in [2.24, 2.45) is 28.1 Å². The largest absolute Gasteiger partial charge is 0.432 e. The smallest absolute Gasteiger partial charge is 0.314 e. The zero-order valence-electron chi connectivity index (χ0n) is 26.8. The molecule has 14 heteroatoms. The number of carbonyl (C=O) groups is 1. The summed E-state index contributed by atoms with van der Waals surface area (Å²) in [5.41, 5.74) is -4.05. The van der Waals surface area contributed by atoms with E-state index in [4.69, 9.17) is 18.9 Å². The molecule has 0 unspecified atom stereocenters. The van der Waals surface area contributed by atoms with E-state index in [1.165, 1.54) is 0 Å². The third-order valence-corrected chi connectivity index (χ3v) is 13.3. The molecule has 0 amide bonds. The first kappa shape index (κ1) is 34.8. The molecular weight excluding hydrogens is 608 g/mol. The average Bonchev–Trinajstić information content (AvgIpc) is 3.16. The molecule has 2 bridgehead atoms. The summed E-state index contributed by atoms with van der Waals surface area (Å²) in [6.45, 7) is 4.59. The fraction of sp³-hybridized carbons (Fsp3) is 0.969. The highest BCUT2D eigenvalue weighted by Gasteiger charge is 2.73. The minimum absolute atomic E-state index is 0.105. The molecule has 46 heavy (non-hydrogen) atoms. The van der Waals surface area contributed by atoms with Gasteiger partial charge in [-0.15, -0.1) is 0 Å². The van der Waals surface area contributed by atoms with Gasteiger partial charge >= 0.3 is 5.97 Å². The van der Waals surface area contributed by atoms with Gasteiger partial charge in [-0.05, 0) is 87.9 Å². The number of aliphatic hydroxyl groups is 9. The molecule has 4 saturated carbocycles. The quantitative estimate of drug-likeness (QED) is 0.116. The average molecular weight is 661 g/mol. The predicted molar refractivity (Wildman–Crippen MR) is 155 cm³/mol. The Morgan fingerprint density at radius 1 is 0.717 bits per heavy atom. The van der Waals surface area contributed by atoms with Gasteiger partial charge in [-0.25, -0.2) is 0 Å². The van der Waals surface area contributed by atoms with E-state index in [0.29, 0.717) is 44.9 Å². The van der Waals surface area contributed by atoms with Gasteiger partial charge in [-0.3, -0.25) is 4.79 Å². The second-order valence-electron chi connectivity index (χ2n) is 15.9. The third kappa shape index (κ3) is 5.01. The number of aliphatic hydroxyl groups excluding tert-OH is 8. The first-order chi connectivity index (χ1) is 21.5. The van der Waals surface area contributed by atoms with Crippen molar-refractivity contribution in [1.82, 2.24) is 0 Å². The molecule has 264 valence electrons. The zero-order chi connectivity index (χ0) is 33.6. The summed E-state index contributed by atoms with van der Waals surface area (Å²) in [5, 5.41) is 93.5. The minimum atomic E-state index is -1.69. The minimum Gasteiger partial charge on any atom is -0.432 e. The van der Waals surface area contributed by atoms with E-state index in [1.54, 1.807) is 6.92 Å². The van der Waals surface area contributed by atoms with Crippen LogP contribution >= 0.6 is 0 Å².